The standard InChI is InChI=1S/C13H13ClN2O2/c1-8-12(9(2)18-16-8)13(17)15-7-10-5-3-4-6-11(10)14/h3-6H,7H2,1-2H3,(H,15,17). The zero-order valence-electron chi connectivity index (χ0n) is 10.2. The van der Waals surface area contributed by atoms with E-state index in [-0.39, 0.29) is 5.91 Å². The maximum absolute atomic E-state index is 12.0. The van der Waals surface area contributed by atoms with Gasteiger partial charge in [0.25, 0.3) is 5.91 Å². The summed E-state index contributed by atoms with van der Waals surface area (Å²) in [7, 11) is 0. The Morgan fingerprint density at radius 3 is 2.72 bits per heavy atom. The maximum atomic E-state index is 12.0. The molecule has 0 aliphatic heterocycles. The molecule has 5 heteroatoms. The minimum Gasteiger partial charge on any atom is -0.361 e. The minimum absolute atomic E-state index is 0.203. The fraction of sp³-hybridized carbons (Fsp3) is 0.231. The Balaban J connectivity index is 2.08. The van der Waals surface area contributed by atoms with E-state index >= 15 is 0 Å². The number of aryl methyl sites for hydroxylation is 2. The van der Waals surface area contributed by atoms with Gasteiger partial charge in [-0.05, 0) is 25.5 Å². The van der Waals surface area contributed by atoms with Crippen molar-refractivity contribution in [2.45, 2.75) is 20.4 Å². The first-order chi connectivity index (χ1) is 8.59. The topological polar surface area (TPSA) is 55.1 Å². The van der Waals surface area contributed by atoms with Crippen LogP contribution in [0.5, 0.6) is 0 Å². The van der Waals surface area contributed by atoms with Crippen LogP contribution in [0.3, 0.4) is 0 Å². The van der Waals surface area contributed by atoms with Crippen LogP contribution in [0.2, 0.25) is 5.02 Å². The normalized spacial score (nSPS) is 10.4. The average molecular weight is 265 g/mol. The highest BCUT2D eigenvalue weighted by Gasteiger charge is 2.17. The van der Waals surface area contributed by atoms with Crippen LogP contribution >= 0.6 is 11.6 Å². The van der Waals surface area contributed by atoms with Crippen molar-refractivity contribution in [2.24, 2.45) is 0 Å². The van der Waals surface area contributed by atoms with E-state index in [2.05, 4.69) is 10.5 Å². The van der Waals surface area contributed by atoms with Gasteiger partial charge in [0.15, 0.2) is 0 Å². The molecule has 1 N–H and O–H groups in total. The van der Waals surface area contributed by atoms with Gasteiger partial charge in [-0.3, -0.25) is 4.79 Å². The van der Waals surface area contributed by atoms with Crippen LogP contribution in [0, 0.1) is 13.8 Å². The summed E-state index contributed by atoms with van der Waals surface area (Å²) < 4.78 is 4.96. The van der Waals surface area contributed by atoms with E-state index in [1.54, 1.807) is 19.9 Å². The van der Waals surface area contributed by atoms with Crippen LogP contribution in [0.15, 0.2) is 28.8 Å². The lowest BCUT2D eigenvalue weighted by Gasteiger charge is -2.06. The molecule has 4 nitrogen and oxygen atoms in total. The first-order valence-electron chi connectivity index (χ1n) is 5.54. The third-order valence-corrected chi connectivity index (χ3v) is 3.03. The molecule has 0 atom stereocenters. The van der Waals surface area contributed by atoms with E-state index in [1.807, 2.05) is 18.2 Å². The molecule has 1 amide bonds. The fourth-order valence-electron chi connectivity index (χ4n) is 1.71. The van der Waals surface area contributed by atoms with Crippen molar-refractivity contribution in [3.63, 3.8) is 0 Å². The molecule has 1 aromatic heterocycles. The van der Waals surface area contributed by atoms with Gasteiger partial charge in [-0.15, -0.1) is 0 Å². The monoisotopic (exact) mass is 264 g/mol. The highest BCUT2D eigenvalue weighted by Crippen LogP contribution is 2.16. The zero-order valence-corrected chi connectivity index (χ0v) is 10.9. The van der Waals surface area contributed by atoms with E-state index in [0.29, 0.717) is 28.6 Å². The molecule has 0 aliphatic rings. The number of carbonyl (C=O) groups excluding carboxylic acids is 1. The summed E-state index contributed by atoms with van der Waals surface area (Å²) in [5, 5.41) is 7.18. The van der Waals surface area contributed by atoms with Gasteiger partial charge < -0.3 is 9.84 Å². The smallest absolute Gasteiger partial charge is 0.257 e. The molecule has 2 aromatic rings. The molecule has 0 bridgehead atoms. The van der Waals surface area contributed by atoms with Gasteiger partial charge in [-0.2, -0.15) is 0 Å². The van der Waals surface area contributed by atoms with Gasteiger partial charge >= 0.3 is 0 Å². The molecule has 0 spiro atoms. The fourth-order valence-corrected chi connectivity index (χ4v) is 1.92. The second-order valence-corrected chi connectivity index (χ2v) is 4.38. The molecule has 0 saturated carbocycles. The van der Waals surface area contributed by atoms with Crippen molar-refractivity contribution in [2.75, 3.05) is 0 Å². The number of nitrogens with one attached hydrogen (secondary N) is 1. The summed E-state index contributed by atoms with van der Waals surface area (Å²) in [6.45, 7) is 3.83. The molecule has 0 radical (unpaired) electrons. The van der Waals surface area contributed by atoms with Crippen LogP contribution in [-0.4, -0.2) is 11.1 Å². The Morgan fingerprint density at radius 2 is 2.11 bits per heavy atom. The molecule has 18 heavy (non-hydrogen) atoms. The summed E-state index contributed by atoms with van der Waals surface area (Å²) in [6.07, 6.45) is 0. The molecule has 1 aromatic carbocycles. The molecule has 0 fully saturated rings. The number of carbonyl (C=O) groups is 1. The SMILES string of the molecule is Cc1noc(C)c1C(=O)NCc1ccccc1Cl. The molecule has 1 heterocycles. The predicted molar refractivity (Wildman–Crippen MR) is 68.6 cm³/mol. The van der Waals surface area contributed by atoms with E-state index in [0.717, 1.165) is 5.56 Å². The second kappa shape index (κ2) is 5.23. The van der Waals surface area contributed by atoms with Gasteiger partial charge in [0, 0.05) is 11.6 Å². The van der Waals surface area contributed by atoms with Gasteiger partial charge in [0.1, 0.15) is 11.3 Å². The maximum Gasteiger partial charge on any atom is 0.257 e. The van der Waals surface area contributed by atoms with Crippen LogP contribution in [0.25, 0.3) is 0 Å². The Morgan fingerprint density at radius 1 is 1.39 bits per heavy atom. The van der Waals surface area contributed by atoms with Crippen molar-refractivity contribution in [3.05, 3.63) is 51.9 Å². The van der Waals surface area contributed by atoms with Crippen molar-refractivity contribution >= 4 is 17.5 Å². The van der Waals surface area contributed by atoms with Gasteiger partial charge in [0.2, 0.25) is 0 Å². The first kappa shape index (κ1) is 12.6. The Hall–Kier alpha value is -1.81. The molecule has 0 unspecified atom stereocenters. The van der Waals surface area contributed by atoms with Crippen LogP contribution < -0.4 is 5.32 Å². The molecule has 0 saturated heterocycles. The van der Waals surface area contributed by atoms with E-state index in [9.17, 15) is 4.79 Å². The number of amides is 1. The largest absolute Gasteiger partial charge is 0.361 e. The number of nitrogens with zero attached hydrogens (tertiary/aromatic N) is 1. The molecule has 2 rings (SSSR count). The molecular weight excluding hydrogens is 252 g/mol. The number of hydrogen-bond donors (Lipinski definition) is 1. The molecule has 0 aliphatic carbocycles. The van der Waals surface area contributed by atoms with Crippen molar-refractivity contribution in [1.82, 2.24) is 10.5 Å². The molecule has 94 valence electrons. The highest BCUT2D eigenvalue weighted by atomic mass is 35.5. The van der Waals surface area contributed by atoms with E-state index < -0.39 is 0 Å². The minimum atomic E-state index is -0.203. The lowest BCUT2D eigenvalue weighted by molar-refractivity contribution is 0.0949. The lowest BCUT2D eigenvalue weighted by atomic mass is 10.2. The Bertz CT molecular complexity index is 559. The number of rotatable bonds is 3. The van der Waals surface area contributed by atoms with Crippen LogP contribution in [-0.2, 0) is 6.54 Å². The van der Waals surface area contributed by atoms with Crippen LogP contribution in [0.4, 0.5) is 0 Å². The average Bonchev–Trinajstić information content (AvgIpc) is 2.68. The quantitative estimate of drug-likeness (QED) is 0.927. The number of halogens is 1. The predicted octanol–water partition coefficient (Wildman–Crippen LogP) is 2.87. The van der Waals surface area contributed by atoms with Crippen molar-refractivity contribution in [3.8, 4) is 0 Å². The third kappa shape index (κ3) is 2.54. The van der Waals surface area contributed by atoms with Crippen molar-refractivity contribution < 1.29 is 9.32 Å². The van der Waals surface area contributed by atoms with Gasteiger partial charge in [-0.25, -0.2) is 0 Å². The summed E-state index contributed by atoms with van der Waals surface area (Å²) in [5.74, 6) is 0.315. The Kier molecular flexibility index (Phi) is 3.67. The van der Waals surface area contributed by atoms with Crippen LogP contribution in [0.1, 0.15) is 27.4 Å². The number of benzene rings is 1. The van der Waals surface area contributed by atoms with Gasteiger partial charge in [0.05, 0.1) is 5.69 Å². The molecular formula is C13H13ClN2O2. The Labute approximate surface area is 110 Å². The summed E-state index contributed by atoms with van der Waals surface area (Å²) in [4.78, 5) is 12.0. The number of aromatic nitrogens is 1. The zero-order chi connectivity index (χ0) is 13.1. The third-order valence-electron chi connectivity index (χ3n) is 2.66. The van der Waals surface area contributed by atoms with E-state index in [1.165, 1.54) is 0 Å². The first-order valence-corrected chi connectivity index (χ1v) is 5.92. The second-order valence-electron chi connectivity index (χ2n) is 3.97. The van der Waals surface area contributed by atoms with E-state index in [4.69, 9.17) is 16.1 Å². The number of hydrogen-bond acceptors (Lipinski definition) is 3. The van der Waals surface area contributed by atoms with Gasteiger partial charge in [-0.1, -0.05) is 35.0 Å². The summed E-state index contributed by atoms with van der Waals surface area (Å²) in [6, 6.07) is 7.39. The summed E-state index contributed by atoms with van der Waals surface area (Å²) in [5.41, 5.74) is 1.95. The summed E-state index contributed by atoms with van der Waals surface area (Å²) >= 11 is 6.01. The van der Waals surface area contributed by atoms with Crippen molar-refractivity contribution in [1.29, 1.82) is 0 Å². The highest BCUT2D eigenvalue weighted by molar-refractivity contribution is 6.31. The lowest BCUT2D eigenvalue weighted by Crippen LogP contribution is -2.23.